The van der Waals surface area contributed by atoms with Gasteiger partial charge in [0.2, 0.25) is 5.78 Å². The van der Waals surface area contributed by atoms with Crippen LogP contribution >= 0.6 is 0 Å². The third-order valence-corrected chi connectivity index (χ3v) is 6.33. The highest BCUT2D eigenvalue weighted by Crippen LogP contribution is 2.46. The van der Waals surface area contributed by atoms with Crippen LogP contribution < -0.4 is 4.74 Å². The number of carbonyl (C=O) groups is 2. The molecule has 1 heterocycles. The summed E-state index contributed by atoms with van der Waals surface area (Å²) in [6.07, 6.45) is 1.50. The Labute approximate surface area is 179 Å². The van der Waals surface area contributed by atoms with Gasteiger partial charge in [0.25, 0.3) is 0 Å². The normalized spacial score (nSPS) is 24.9. The Morgan fingerprint density at radius 1 is 1.10 bits per heavy atom. The van der Waals surface area contributed by atoms with Crippen LogP contribution in [0.15, 0.2) is 24.3 Å². The van der Waals surface area contributed by atoms with Gasteiger partial charge in [0.15, 0.2) is 12.1 Å². The Morgan fingerprint density at radius 3 is 2.68 bits per heavy atom. The second-order valence-electron chi connectivity index (χ2n) is 8.28. The highest BCUT2D eigenvalue weighted by molar-refractivity contribution is 6.30. The number of hydrogen-bond donors (Lipinski definition) is 2. The second kappa shape index (κ2) is 7.75. The molecule has 5 rings (SSSR count). The topological polar surface area (TPSA) is 102 Å². The summed E-state index contributed by atoms with van der Waals surface area (Å²) < 4.78 is 17.1. The first-order valence-corrected chi connectivity index (χ1v) is 10.6. The molecule has 1 aliphatic heterocycles. The second-order valence-corrected chi connectivity index (χ2v) is 8.28. The van der Waals surface area contributed by atoms with Crippen molar-refractivity contribution in [2.24, 2.45) is 0 Å². The first-order valence-electron chi connectivity index (χ1n) is 10.6. The van der Waals surface area contributed by atoms with Crippen LogP contribution in [0.1, 0.15) is 74.8 Å². The van der Waals surface area contributed by atoms with Crippen LogP contribution in [-0.4, -0.2) is 47.9 Å². The highest BCUT2D eigenvalue weighted by Gasteiger charge is 2.40. The number of rotatable bonds is 3. The fourth-order valence-electron chi connectivity index (χ4n) is 4.90. The van der Waals surface area contributed by atoms with Crippen molar-refractivity contribution >= 4 is 11.6 Å². The van der Waals surface area contributed by atoms with E-state index in [4.69, 9.17) is 14.2 Å². The lowest BCUT2D eigenvalue weighted by Crippen LogP contribution is -2.31. The summed E-state index contributed by atoms with van der Waals surface area (Å²) in [5.74, 6) is -0.775. The molecule has 7 heteroatoms. The maximum atomic E-state index is 13.4. The largest absolute Gasteiger partial charge is 0.507 e. The molecule has 3 atom stereocenters. The van der Waals surface area contributed by atoms with Crippen molar-refractivity contribution in [3.8, 4) is 11.5 Å². The average molecular weight is 424 g/mol. The van der Waals surface area contributed by atoms with Gasteiger partial charge in [-0.1, -0.05) is 12.1 Å². The number of phenols is 1. The molecular weight excluding hydrogens is 400 g/mol. The summed E-state index contributed by atoms with van der Waals surface area (Å²) in [5.41, 5.74) is 1.58. The summed E-state index contributed by atoms with van der Waals surface area (Å²) >= 11 is 0. The van der Waals surface area contributed by atoms with Crippen molar-refractivity contribution in [3.63, 3.8) is 0 Å². The number of phenolic OH excluding ortho intramolecular Hbond substituents is 1. The molecule has 7 nitrogen and oxygen atoms in total. The zero-order chi connectivity index (χ0) is 21.7. The minimum atomic E-state index is -0.680. The van der Waals surface area contributed by atoms with E-state index in [0.717, 1.165) is 19.3 Å². The van der Waals surface area contributed by atoms with Gasteiger partial charge >= 0.3 is 0 Å². The summed E-state index contributed by atoms with van der Waals surface area (Å²) in [6.45, 7) is 0.604. The van der Waals surface area contributed by atoms with Gasteiger partial charge in [-0.15, -0.1) is 0 Å². The molecule has 2 aromatic carbocycles. The molecule has 0 saturated carbocycles. The van der Waals surface area contributed by atoms with Crippen LogP contribution in [0.25, 0.3) is 0 Å². The molecule has 3 aliphatic rings. The average Bonchev–Trinajstić information content (AvgIpc) is 2.77. The van der Waals surface area contributed by atoms with Gasteiger partial charge in [0, 0.05) is 29.7 Å². The van der Waals surface area contributed by atoms with Crippen LogP contribution in [0.4, 0.5) is 0 Å². The van der Waals surface area contributed by atoms with Crippen molar-refractivity contribution in [1.82, 2.24) is 0 Å². The Hall–Kier alpha value is -2.74. The molecule has 0 amide bonds. The van der Waals surface area contributed by atoms with E-state index in [-0.39, 0.29) is 52.4 Å². The van der Waals surface area contributed by atoms with Gasteiger partial charge in [0.05, 0.1) is 30.4 Å². The molecule has 1 fully saturated rings. The minimum Gasteiger partial charge on any atom is -0.507 e. The Balaban J connectivity index is 1.63. The molecule has 0 aromatic heterocycles. The third-order valence-electron chi connectivity index (χ3n) is 6.33. The van der Waals surface area contributed by atoms with E-state index in [1.807, 2.05) is 0 Å². The standard InChI is InChI=1S/C24H24O7/c1-29-16-6-4-5-14-20(16)24(28)21-15(22(14)26)10-12-9-13(25)11-17(19(12)23(21)27)31-18-7-2-3-8-30-18/h4-6,10,13,17-18,25,27H,2-3,7-9,11H2,1H3. The zero-order valence-electron chi connectivity index (χ0n) is 17.2. The maximum absolute atomic E-state index is 13.4. The van der Waals surface area contributed by atoms with Crippen molar-refractivity contribution in [2.45, 2.75) is 50.6 Å². The first kappa shape index (κ1) is 20.2. The van der Waals surface area contributed by atoms with Gasteiger partial charge in [-0.3, -0.25) is 9.59 Å². The number of ketones is 2. The summed E-state index contributed by atoms with van der Waals surface area (Å²) in [7, 11) is 1.44. The molecule has 3 unspecified atom stereocenters. The van der Waals surface area contributed by atoms with E-state index in [0.29, 0.717) is 17.7 Å². The van der Waals surface area contributed by atoms with Crippen LogP contribution in [0.5, 0.6) is 11.5 Å². The lowest BCUT2D eigenvalue weighted by Gasteiger charge is -2.35. The minimum absolute atomic E-state index is 0.0321. The zero-order valence-corrected chi connectivity index (χ0v) is 17.2. The van der Waals surface area contributed by atoms with E-state index in [1.165, 1.54) is 7.11 Å². The molecule has 2 N–H and O–H groups in total. The summed E-state index contributed by atoms with van der Waals surface area (Å²) in [4.78, 5) is 26.6. The van der Waals surface area contributed by atoms with Gasteiger partial charge in [0.1, 0.15) is 11.5 Å². The molecule has 0 radical (unpaired) electrons. The van der Waals surface area contributed by atoms with Crippen LogP contribution in [0, 0.1) is 0 Å². The van der Waals surface area contributed by atoms with Gasteiger partial charge in [-0.25, -0.2) is 0 Å². The number of ether oxygens (including phenoxy) is 3. The maximum Gasteiger partial charge on any atom is 0.201 e. The van der Waals surface area contributed by atoms with E-state index >= 15 is 0 Å². The fraction of sp³-hybridized carbons (Fsp3) is 0.417. The number of aliphatic hydroxyl groups excluding tert-OH is 1. The number of methoxy groups -OCH3 is 1. The molecule has 162 valence electrons. The summed E-state index contributed by atoms with van der Waals surface area (Å²) in [6, 6.07) is 6.48. The SMILES string of the molecule is COc1cccc2c1C(=O)c1c(cc3c(c1O)C(OC1CCCCO1)CC(O)C3)C2=O. The van der Waals surface area contributed by atoms with Gasteiger partial charge < -0.3 is 24.4 Å². The van der Waals surface area contributed by atoms with Crippen molar-refractivity contribution in [2.75, 3.05) is 13.7 Å². The van der Waals surface area contributed by atoms with E-state index in [1.54, 1.807) is 24.3 Å². The number of fused-ring (bicyclic) bond motifs is 3. The van der Waals surface area contributed by atoms with Crippen LogP contribution in [0.2, 0.25) is 0 Å². The predicted molar refractivity (Wildman–Crippen MR) is 110 cm³/mol. The molecule has 0 spiro atoms. The monoisotopic (exact) mass is 424 g/mol. The van der Waals surface area contributed by atoms with Gasteiger partial charge in [-0.05, 0) is 43.4 Å². The molecular formula is C24H24O7. The number of aliphatic hydroxyl groups is 1. The Bertz CT molecular complexity index is 1070. The van der Waals surface area contributed by atoms with E-state index in [9.17, 15) is 19.8 Å². The fourth-order valence-corrected chi connectivity index (χ4v) is 4.90. The molecule has 31 heavy (non-hydrogen) atoms. The molecule has 1 saturated heterocycles. The predicted octanol–water partition coefficient (Wildman–Crippen LogP) is 3.07. The van der Waals surface area contributed by atoms with Crippen LogP contribution in [-0.2, 0) is 15.9 Å². The summed E-state index contributed by atoms with van der Waals surface area (Å²) in [5, 5.41) is 21.7. The molecule has 0 bridgehead atoms. The van der Waals surface area contributed by atoms with Crippen molar-refractivity contribution < 1.29 is 34.0 Å². The van der Waals surface area contributed by atoms with E-state index in [2.05, 4.69) is 0 Å². The number of aromatic hydroxyl groups is 1. The van der Waals surface area contributed by atoms with Gasteiger partial charge in [-0.2, -0.15) is 0 Å². The Kier molecular flexibility index (Phi) is 5.04. The Morgan fingerprint density at radius 2 is 1.94 bits per heavy atom. The quantitative estimate of drug-likeness (QED) is 0.666. The number of benzene rings is 2. The smallest absolute Gasteiger partial charge is 0.201 e. The van der Waals surface area contributed by atoms with Crippen LogP contribution in [0.3, 0.4) is 0 Å². The van der Waals surface area contributed by atoms with Crippen molar-refractivity contribution in [1.29, 1.82) is 0 Å². The third kappa shape index (κ3) is 3.24. The first-order chi connectivity index (χ1) is 15.0. The van der Waals surface area contributed by atoms with Crippen molar-refractivity contribution in [3.05, 3.63) is 57.6 Å². The molecule has 2 aliphatic carbocycles. The number of hydrogen-bond acceptors (Lipinski definition) is 7. The van der Waals surface area contributed by atoms with E-state index < -0.39 is 24.3 Å². The lowest BCUT2D eigenvalue weighted by molar-refractivity contribution is -0.197. The molecule has 2 aromatic rings. The number of carbonyl (C=O) groups excluding carboxylic acids is 2. The lowest BCUT2D eigenvalue weighted by atomic mass is 9.77. The highest BCUT2D eigenvalue weighted by atomic mass is 16.7.